The predicted octanol–water partition coefficient (Wildman–Crippen LogP) is 1.64. The van der Waals surface area contributed by atoms with Gasteiger partial charge in [-0.25, -0.2) is 0 Å². The standard InChI is InChI=1S/C23H30N4O2/c1-29-22-6-4-5-21(17-22)27-15-13-25(14-16-27)18-23(28)24-19-7-9-20(10-8-19)26-11-2-3-12-26/h4-10,17H,2-3,11-16,18H2,1H3,(H,24,28)/p+1. The molecule has 0 bridgehead atoms. The first kappa shape index (κ1) is 19.6. The molecule has 2 N–H and O–H groups in total. The molecule has 2 aromatic rings. The van der Waals surface area contributed by atoms with E-state index in [-0.39, 0.29) is 5.91 Å². The summed E-state index contributed by atoms with van der Waals surface area (Å²) in [6, 6.07) is 16.4. The maximum Gasteiger partial charge on any atom is 0.279 e. The van der Waals surface area contributed by atoms with E-state index in [4.69, 9.17) is 4.74 Å². The lowest BCUT2D eigenvalue weighted by atomic mass is 10.2. The Balaban J connectivity index is 1.24. The van der Waals surface area contributed by atoms with Gasteiger partial charge in [0.25, 0.3) is 5.91 Å². The molecular formula is C23H31N4O2+. The fourth-order valence-electron chi connectivity index (χ4n) is 4.23. The van der Waals surface area contributed by atoms with Gasteiger partial charge in [0.2, 0.25) is 0 Å². The third-order valence-corrected chi connectivity index (χ3v) is 5.92. The molecule has 0 spiro atoms. The molecule has 2 fully saturated rings. The van der Waals surface area contributed by atoms with Gasteiger partial charge in [-0.05, 0) is 49.2 Å². The Hall–Kier alpha value is -2.73. The molecule has 2 aliphatic heterocycles. The minimum absolute atomic E-state index is 0.0868. The van der Waals surface area contributed by atoms with E-state index in [1.807, 2.05) is 24.3 Å². The van der Waals surface area contributed by atoms with Gasteiger partial charge < -0.3 is 24.8 Å². The summed E-state index contributed by atoms with van der Waals surface area (Å²) in [5.74, 6) is 0.969. The molecule has 0 saturated carbocycles. The van der Waals surface area contributed by atoms with Crippen LogP contribution in [0.5, 0.6) is 5.75 Å². The molecule has 0 atom stereocenters. The Morgan fingerprint density at radius 1 is 0.966 bits per heavy atom. The Kier molecular flexibility index (Phi) is 6.20. The van der Waals surface area contributed by atoms with E-state index in [1.54, 1.807) is 7.11 Å². The summed E-state index contributed by atoms with van der Waals surface area (Å²) in [5, 5.41) is 3.06. The summed E-state index contributed by atoms with van der Waals surface area (Å²) < 4.78 is 5.32. The van der Waals surface area contributed by atoms with Crippen molar-refractivity contribution in [2.24, 2.45) is 0 Å². The third-order valence-electron chi connectivity index (χ3n) is 5.92. The van der Waals surface area contributed by atoms with Crippen LogP contribution in [-0.4, -0.2) is 58.8 Å². The van der Waals surface area contributed by atoms with Crippen molar-refractivity contribution >= 4 is 23.0 Å². The van der Waals surface area contributed by atoms with Gasteiger partial charge in [-0.2, -0.15) is 0 Å². The van der Waals surface area contributed by atoms with Crippen molar-refractivity contribution in [1.29, 1.82) is 0 Å². The molecule has 0 radical (unpaired) electrons. The van der Waals surface area contributed by atoms with Gasteiger partial charge in [-0.15, -0.1) is 0 Å². The average molecular weight is 396 g/mol. The number of carbonyl (C=O) groups is 1. The summed E-state index contributed by atoms with van der Waals surface area (Å²) in [6.45, 7) is 6.59. The van der Waals surface area contributed by atoms with Crippen molar-refractivity contribution in [1.82, 2.24) is 0 Å². The highest BCUT2D eigenvalue weighted by molar-refractivity contribution is 5.91. The van der Waals surface area contributed by atoms with E-state index < -0.39 is 0 Å². The van der Waals surface area contributed by atoms with Gasteiger partial charge in [-0.1, -0.05) is 6.07 Å². The Morgan fingerprint density at radius 2 is 1.66 bits per heavy atom. The number of hydrogen-bond donors (Lipinski definition) is 2. The van der Waals surface area contributed by atoms with Crippen LogP contribution in [0.3, 0.4) is 0 Å². The lowest BCUT2D eigenvalue weighted by Crippen LogP contribution is -3.15. The monoisotopic (exact) mass is 395 g/mol. The zero-order valence-electron chi connectivity index (χ0n) is 17.2. The summed E-state index contributed by atoms with van der Waals surface area (Å²) in [4.78, 5) is 18.6. The molecule has 0 aromatic heterocycles. The number of amides is 1. The molecule has 6 heteroatoms. The number of carbonyl (C=O) groups excluding carboxylic acids is 1. The van der Waals surface area contributed by atoms with Crippen LogP contribution in [0, 0.1) is 0 Å². The van der Waals surface area contributed by atoms with Crippen LogP contribution >= 0.6 is 0 Å². The molecule has 6 nitrogen and oxygen atoms in total. The smallest absolute Gasteiger partial charge is 0.279 e. The van der Waals surface area contributed by atoms with E-state index >= 15 is 0 Å². The van der Waals surface area contributed by atoms with Crippen LogP contribution in [0.15, 0.2) is 48.5 Å². The number of rotatable bonds is 6. The second-order valence-corrected chi connectivity index (χ2v) is 7.90. The maximum atomic E-state index is 12.5. The number of methoxy groups -OCH3 is 1. The number of ether oxygens (including phenoxy) is 1. The van der Waals surface area contributed by atoms with E-state index in [1.165, 1.54) is 29.1 Å². The van der Waals surface area contributed by atoms with E-state index in [2.05, 4.69) is 39.4 Å². The molecule has 0 aliphatic carbocycles. The average Bonchev–Trinajstić information content (AvgIpc) is 3.30. The second-order valence-electron chi connectivity index (χ2n) is 7.90. The molecule has 4 rings (SSSR count). The quantitative estimate of drug-likeness (QED) is 0.781. The highest BCUT2D eigenvalue weighted by atomic mass is 16.5. The minimum Gasteiger partial charge on any atom is -0.497 e. The number of nitrogens with zero attached hydrogens (tertiary/aromatic N) is 2. The molecule has 2 aliphatic rings. The van der Waals surface area contributed by atoms with Crippen LogP contribution in [0.2, 0.25) is 0 Å². The van der Waals surface area contributed by atoms with Gasteiger partial charge in [0.1, 0.15) is 5.75 Å². The van der Waals surface area contributed by atoms with Crippen molar-refractivity contribution in [2.45, 2.75) is 12.8 Å². The lowest BCUT2D eigenvalue weighted by Gasteiger charge is -2.33. The van der Waals surface area contributed by atoms with Gasteiger partial charge in [-0.3, -0.25) is 4.79 Å². The molecule has 2 aromatic carbocycles. The van der Waals surface area contributed by atoms with Gasteiger partial charge in [0.05, 0.1) is 33.3 Å². The van der Waals surface area contributed by atoms with Crippen molar-refractivity contribution in [2.75, 3.05) is 68.0 Å². The van der Waals surface area contributed by atoms with E-state index in [0.717, 1.165) is 50.7 Å². The summed E-state index contributed by atoms with van der Waals surface area (Å²) >= 11 is 0. The first-order valence-electron chi connectivity index (χ1n) is 10.6. The molecule has 2 heterocycles. The normalized spacial score (nSPS) is 17.4. The molecule has 154 valence electrons. The molecule has 1 amide bonds. The third kappa shape index (κ3) is 5.01. The van der Waals surface area contributed by atoms with Crippen LogP contribution < -0.4 is 24.8 Å². The number of nitrogens with one attached hydrogen (secondary N) is 2. The number of piperazine rings is 1. The first-order chi connectivity index (χ1) is 14.2. The maximum absolute atomic E-state index is 12.5. The zero-order valence-corrected chi connectivity index (χ0v) is 17.2. The number of anilines is 3. The number of benzene rings is 2. The van der Waals surface area contributed by atoms with E-state index in [9.17, 15) is 4.79 Å². The summed E-state index contributed by atoms with van der Waals surface area (Å²) in [6.07, 6.45) is 2.54. The van der Waals surface area contributed by atoms with Crippen molar-refractivity contribution < 1.29 is 14.4 Å². The second kappa shape index (κ2) is 9.18. The highest BCUT2D eigenvalue weighted by Gasteiger charge is 2.22. The van der Waals surface area contributed by atoms with Crippen LogP contribution in [0.1, 0.15) is 12.8 Å². The van der Waals surface area contributed by atoms with Crippen molar-refractivity contribution in [3.8, 4) is 5.75 Å². The van der Waals surface area contributed by atoms with Gasteiger partial charge in [0, 0.05) is 36.2 Å². The van der Waals surface area contributed by atoms with Crippen LogP contribution in [0.25, 0.3) is 0 Å². The molecule has 0 unspecified atom stereocenters. The van der Waals surface area contributed by atoms with Crippen molar-refractivity contribution in [3.63, 3.8) is 0 Å². The van der Waals surface area contributed by atoms with Gasteiger partial charge >= 0.3 is 0 Å². The summed E-state index contributed by atoms with van der Waals surface area (Å²) in [5.41, 5.74) is 3.32. The number of hydrogen-bond acceptors (Lipinski definition) is 4. The van der Waals surface area contributed by atoms with E-state index in [0.29, 0.717) is 6.54 Å². The van der Waals surface area contributed by atoms with Crippen LogP contribution in [-0.2, 0) is 4.79 Å². The Labute approximate surface area is 173 Å². The predicted molar refractivity (Wildman–Crippen MR) is 117 cm³/mol. The largest absolute Gasteiger partial charge is 0.497 e. The molecule has 29 heavy (non-hydrogen) atoms. The van der Waals surface area contributed by atoms with Gasteiger partial charge in [0.15, 0.2) is 6.54 Å². The fraction of sp³-hybridized carbons (Fsp3) is 0.435. The highest BCUT2D eigenvalue weighted by Crippen LogP contribution is 2.22. The topological polar surface area (TPSA) is 49.3 Å². The first-order valence-corrected chi connectivity index (χ1v) is 10.6. The molecule has 2 saturated heterocycles. The Morgan fingerprint density at radius 3 is 2.34 bits per heavy atom. The minimum atomic E-state index is 0.0868. The van der Waals surface area contributed by atoms with Crippen molar-refractivity contribution in [3.05, 3.63) is 48.5 Å². The summed E-state index contributed by atoms with van der Waals surface area (Å²) in [7, 11) is 1.69. The SMILES string of the molecule is COc1cccc(N2CC[NH+](CC(=O)Nc3ccc(N4CCCC4)cc3)CC2)c1. The fourth-order valence-corrected chi connectivity index (χ4v) is 4.23. The number of quaternary nitrogens is 1. The lowest BCUT2D eigenvalue weighted by molar-refractivity contribution is -0.892. The molecular weight excluding hydrogens is 364 g/mol. The van der Waals surface area contributed by atoms with Crippen LogP contribution in [0.4, 0.5) is 17.1 Å². The zero-order chi connectivity index (χ0) is 20.1. The Bertz CT molecular complexity index is 810.